The molecule has 1 amide bonds. The van der Waals surface area contributed by atoms with Crippen LogP contribution in [0.15, 0.2) is 0 Å². The standard InChI is InChI=1S/C11H20BrNO2/c12-5-8-15-7-2-6-13-11(14)9-10-3-1-4-10/h10H,1-9H2,(H,13,14). The molecule has 1 N–H and O–H groups in total. The lowest BCUT2D eigenvalue weighted by molar-refractivity contribution is -0.122. The summed E-state index contributed by atoms with van der Waals surface area (Å²) < 4.78 is 5.28. The first kappa shape index (κ1) is 13.0. The molecular weight excluding hydrogens is 258 g/mol. The van der Waals surface area contributed by atoms with E-state index in [0.29, 0.717) is 5.92 Å². The van der Waals surface area contributed by atoms with Gasteiger partial charge in [-0.15, -0.1) is 0 Å². The number of halogens is 1. The van der Waals surface area contributed by atoms with Crippen LogP contribution in [0.4, 0.5) is 0 Å². The Kier molecular flexibility index (Phi) is 7.01. The molecule has 3 nitrogen and oxygen atoms in total. The van der Waals surface area contributed by atoms with Gasteiger partial charge in [-0.3, -0.25) is 4.79 Å². The molecule has 1 aliphatic carbocycles. The summed E-state index contributed by atoms with van der Waals surface area (Å²) >= 11 is 3.29. The molecule has 1 saturated carbocycles. The van der Waals surface area contributed by atoms with Crippen LogP contribution in [0.25, 0.3) is 0 Å². The van der Waals surface area contributed by atoms with Crippen molar-refractivity contribution in [3.63, 3.8) is 0 Å². The molecule has 0 aromatic carbocycles. The lowest BCUT2D eigenvalue weighted by Crippen LogP contribution is -2.29. The summed E-state index contributed by atoms with van der Waals surface area (Å²) in [6, 6.07) is 0. The fraction of sp³-hybridized carbons (Fsp3) is 0.909. The molecule has 1 fully saturated rings. The highest BCUT2D eigenvalue weighted by Crippen LogP contribution is 2.28. The van der Waals surface area contributed by atoms with Crippen molar-refractivity contribution in [2.24, 2.45) is 5.92 Å². The van der Waals surface area contributed by atoms with Gasteiger partial charge in [-0.25, -0.2) is 0 Å². The molecule has 1 aliphatic rings. The maximum Gasteiger partial charge on any atom is 0.220 e. The van der Waals surface area contributed by atoms with E-state index in [9.17, 15) is 4.79 Å². The number of hydrogen-bond acceptors (Lipinski definition) is 2. The van der Waals surface area contributed by atoms with E-state index in [1.807, 2.05) is 0 Å². The zero-order valence-electron chi connectivity index (χ0n) is 9.14. The lowest BCUT2D eigenvalue weighted by Gasteiger charge is -2.24. The van der Waals surface area contributed by atoms with Crippen molar-refractivity contribution in [3.05, 3.63) is 0 Å². The minimum atomic E-state index is 0.209. The van der Waals surface area contributed by atoms with E-state index in [1.54, 1.807) is 0 Å². The maximum atomic E-state index is 11.4. The molecule has 15 heavy (non-hydrogen) atoms. The molecule has 0 saturated heterocycles. The molecule has 4 heteroatoms. The van der Waals surface area contributed by atoms with Gasteiger partial charge in [0.15, 0.2) is 0 Å². The normalized spacial score (nSPS) is 16.1. The number of hydrogen-bond donors (Lipinski definition) is 1. The van der Waals surface area contributed by atoms with Gasteiger partial charge < -0.3 is 10.1 Å². The highest BCUT2D eigenvalue weighted by molar-refractivity contribution is 9.09. The zero-order valence-corrected chi connectivity index (χ0v) is 10.7. The molecule has 0 aromatic rings. The number of amides is 1. The second kappa shape index (κ2) is 8.11. The van der Waals surface area contributed by atoms with E-state index in [4.69, 9.17) is 4.74 Å². The van der Waals surface area contributed by atoms with E-state index in [1.165, 1.54) is 19.3 Å². The summed E-state index contributed by atoms with van der Waals surface area (Å²) in [5.41, 5.74) is 0. The molecular formula is C11H20BrNO2. The van der Waals surface area contributed by atoms with Crippen molar-refractivity contribution in [2.45, 2.75) is 32.1 Å². The van der Waals surface area contributed by atoms with E-state index >= 15 is 0 Å². The predicted molar refractivity (Wildman–Crippen MR) is 64.2 cm³/mol. The Labute approximate surface area is 100 Å². The van der Waals surface area contributed by atoms with Crippen LogP contribution in [-0.2, 0) is 9.53 Å². The first-order valence-corrected chi connectivity index (χ1v) is 6.85. The molecule has 0 atom stereocenters. The monoisotopic (exact) mass is 277 g/mol. The fourth-order valence-corrected chi connectivity index (χ4v) is 1.82. The molecule has 0 bridgehead atoms. The van der Waals surface area contributed by atoms with Gasteiger partial charge in [-0.05, 0) is 25.2 Å². The van der Waals surface area contributed by atoms with Crippen LogP contribution in [0.1, 0.15) is 32.1 Å². The van der Waals surface area contributed by atoms with Gasteiger partial charge >= 0.3 is 0 Å². The molecule has 88 valence electrons. The molecule has 0 aliphatic heterocycles. The lowest BCUT2D eigenvalue weighted by atomic mass is 9.83. The number of ether oxygens (including phenoxy) is 1. The maximum absolute atomic E-state index is 11.4. The summed E-state index contributed by atoms with van der Waals surface area (Å²) in [4.78, 5) is 11.4. The first-order valence-electron chi connectivity index (χ1n) is 5.73. The largest absolute Gasteiger partial charge is 0.381 e. The Morgan fingerprint density at radius 3 is 2.80 bits per heavy atom. The quantitative estimate of drug-likeness (QED) is 0.545. The molecule has 1 rings (SSSR count). The second-order valence-corrected chi connectivity index (χ2v) is 4.80. The van der Waals surface area contributed by atoms with Gasteiger partial charge in [0.05, 0.1) is 6.61 Å². The minimum absolute atomic E-state index is 0.209. The van der Waals surface area contributed by atoms with Crippen LogP contribution in [0.2, 0.25) is 0 Å². The summed E-state index contributed by atoms with van der Waals surface area (Å²) in [5, 5.41) is 3.80. The van der Waals surface area contributed by atoms with Gasteiger partial charge in [0.2, 0.25) is 5.91 Å². The molecule has 0 heterocycles. The van der Waals surface area contributed by atoms with Crippen molar-refractivity contribution in [1.29, 1.82) is 0 Å². The number of carbonyl (C=O) groups is 1. The number of carbonyl (C=O) groups excluding carboxylic acids is 1. The van der Waals surface area contributed by atoms with Gasteiger partial charge in [0.1, 0.15) is 0 Å². The van der Waals surface area contributed by atoms with E-state index in [2.05, 4.69) is 21.2 Å². The fourth-order valence-electron chi connectivity index (χ4n) is 1.59. The SMILES string of the molecule is O=C(CC1CCC1)NCCCOCCBr. The third-order valence-electron chi connectivity index (χ3n) is 2.71. The van der Waals surface area contributed by atoms with Crippen LogP contribution in [0.3, 0.4) is 0 Å². The number of alkyl halides is 1. The number of rotatable bonds is 8. The second-order valence-electron chi connectivity index (χ2n) is 4.01. The zero-order chi connectivity index (χ0) is 10.9. The Hall–Kier alpha value is -0.0900. The summed E-state index contributed by atoms with van der Waals surface area (Å²) in [7, 11) is 0. The van der Waals surface area contributed by atoms with Crippen molar-refractivity contribution >= 4 is 21.8 Å². The summed E-state index contributed by atoms with van der Waals surface area (Å²) in [6.45, 7) is 2.22. The third-order valence-corrected chi connectivity index (χ3v) is 3.03. The highest BCUT2D eigenvalue weighted by atomic mass is 79.9. The Bertz CT molecular complexity index is 183. The molecule has 0 unspecified atom stereocenters. The summed E-state index contributed by atoms with van der Waals surface area (Å²) in [6.07, 6.45) is 5.41. The number of nitrogens with one attached hydrogen (secondary N) is 1. The van der Waals surface area contributed by atoms with Crippen molar-refractivity contribution < 1.29 is 9.53 Å². The minimum Gasteiger partial charge on any atom is -0.381 e. The van der Waals surface area contributed by atoms with Gasteiger partial charge in [0, 0.05) is 24.9 Å². The van der Waals surface area contributed by atoms with E-state index < -0.39 is 0 Å². The molecule has 0 spiro atoms. The Morgan fingerprint density at radius 2 is 2.20 bits per heavy atom. The van der Waals surface area contributed by atoms with Crippen molar-refractivity contribution in [2.75, 3.05) is 25.1 Å². The van der Waals surface area contributed by atoms with E-state index in [-0.39, 0.29) is 5.91 Å². The average Bonchev–Trinajstić information content (AvgIpc) is 2.17. The van der Waals surface area contributed by atoms with Crippen molar-refractivity contribution in [1.82, 2.24) is 5.32 Å². The van der Waals surface area contributed by atoms with E-state index in [0.717, 1.165) is 37.9 Å². The predicted octanol–water partition coefficient (Wildman–Crippen LogP) is 2.09. The first-order chi connectivity index (χ1) is 7.33. The molecule has 0 radical (unpaired) electrons. The van der Waals surface area contributed by atoms with Crippen molar-refractivity contribution in [3.8, 4) is 0 Å². The Balaban J connectivity index is 1.83. The average molecular weight is 278 g/mol. The van der Waals surface area contributed by atoms with Crippen LogP contribution in [0.5, 0.6) is 0 Å². The van der Waals surface area contributed by atoms with Crippen LogP contribution in [0, 0.1) is 5.92 Å². The summed E-state index contributed by atoms with van der Waals surface area (Å²) in [5.74, 6) is 0.870. The topological polar surface area (TPSA) is 38.3 Å². The van der Waals surface area contributed by atoms with Gasteiger partial charge in [0.25, 0.3) is 0 Å². The van der Waals surface area contributed by atoms with Crippen LogP contribution in [-0.4, -0.2) is 31.0 Å². The highest BCUT2D eigenvalue weighted by Gasteiger charge is 2.19. The van der Waals surface area contributed by atoms with Gasteiger partial charge in [-0.1, -0.05) is 22.4 Å². The van der Waals surface area contributed by atoms with Crippen LogP contribution < -0.4 is 5.32 Å². The Morgan fingerprint density at radius 1 is 1.40 bits per heavy atom. The third kappa shape index (κ3) is 6.15. The van der Waals surface area contributed by atoms with Gasteiger partial charge in [-0.2, -0.15) is 0 Å². The molecule has 0 aromatic heterocycles. The smallest absolute Gasteiger partial charge is 0.220 e. The van der Waals surface area contributed by atoms with Crippen LogP contribution >= 0.6 is 15.9 Å².